The number of ether oxygens (including phenoxy) is 1. The number of hydrogen-bond acceptors (Lipinski definition) is 4. The van der Waals surface area contributed by atoms with Crippen molar-refractivity contribution in [3.63, 3.8) is 0 Å². The van der Waals surface area contributed by atoms with E-state index in [1.165, 1.54) is 0 Å². The molecule has 0 saturated carbocycles. The van der Waals surface area contributed by atoms with Crippen LogP contribution in [-0.2, 0) is 4.74 Å². The average molecular weight is 238 g/mol. The molecule has 1 aromatic heterocycles. The molecule has 1 saturated heterocycles. The third-order valence-corrected chi connectivity index (χ3v) is 2.63. The largest absolute Gasteiger partial charge is 0.444 e. The number of carbonyl (C=O) groups is 1. The van der Waals surface area contributed by atoms with Gasteiger partial charge in [0, 0.05) is 19.3 Å². The molecule has 0 N–H and O–H groups in total. The molecule has 17 heavy (non-hydrogen) atoms. The first-order chi connectivity index (χ1) is 7.96. The summed E-state index contributed by atoms with van der Waals surface area (Å²) in [4.78, 5) is 13.6. The zero-order valence-electron chi connectivity index (χ0n) is 10.5. The van der Waals surface area contributed by atoms with Crippen molar-refractivity contribution < 1.29 is 9.53 Å². The van der Waals surface area contributed by atoms with Gasteiger partial charge in [-0.2, -0.15) is 0 Å². The highest BCUT2D eigenvalue weighted by Crippen LogP contribution is 2.22. The van der Waals surface area contributed by atoms with Crippen molar-refractivity contribution in [2.75, 3.05) is 13.1 Å². The van der Waals surface area contributed by atoms with Gasteiger partial charge in [0.25, 0.3) is 0 Å². The lowest BCUT2D eigenvalue weighted by Crippen LogP contribution is -2.35. The summed E-state index contributed by atoms with van der Waals surface area (Å²) in [5, 5.41) is 7.73. The molecule has 94 valence electrons. The van der Waals surface area contributed by atoms with E-state index in [2.05, 4.69) is 10.3 Å². The molecule has 0 bridgehead atoms. The number of amides is 1. The van der Waals surface area contributed by atoms with E-state index >= 15 is 0 Å². The molecule has 0 spiro atoms. The molecular weight excluding hydrogens is 220 g/mol. The highest BCUT2D eigenvalue weighted by atomic mass is 16.6. The highest BCUT2D eigenvalue weighted by Gasteiger charge is 2.30. The van der Waals surface area contributed by atoms with Gasteiger partial charge in [-0.3, -0.25) is 0 Å². The monoisotopic (exact) mass is 238 g/mol. The molecule has 1 aliphatic heterocycles. The zero-order chi connectivity index (χ0) is 12.5. The number of nitrogens with zero attached hydrogens (tertiary/aromatic N) is 4. The second kappa shape index (κ2) is 4.35. The predicted octanol–water partition coefficient (Wildman–Crippen LogP) is 1.46. The van der Waals surface area contributed by atoms with E-state index in [-0.39, 0.29) is 12.1 Å². The summed E-state index contributed by atoms with van der Waals surface area (Å²) < 4.78 is 7.13. The SMILES string of the molecule is CC(C)(C)OC(=O)N1CCC(n2ccnn2)C1. The molecule has 6 heteroatoms. The second-order valence-corrected chi connectivity index (χ2v) is 5.25. The van der Waals surface area contributed by atoms with E-state index in [0.717, 1.165) is 6.42 Å². The van der Waals surface area contributed by atoms with Gasteiger partial charge in [0.2, 0.25) is 0 Å². The van der Waals surface area contributed by atoms with Crippen molar-refractivity contribution in [1.29, 1.82) is 0 Å². The van der Waals surface area contributed by atoms with E-state index in [1.807, 2.05) is 27.0 Å². The molecule has 1 fully saturated rings. The summed E-state index contributed by atoms with van der Waals surface area (Å²) in [6.07, 6.45) is 4.11. The number of likely N-dealkylation sites (tertiary alicyclic amines) is 1. The fourth-order valence-electron chi connectivity index (χ4n) is 1.86. The number of hydrogen-bond donors (Lipinski definition) is 0. The Labute approximate surface area is 101 Å². The van der Waals surface area contributed by atoms with Crippen LogP contribution in [0.4, 0.5) is 4.79 Å². The summed E-state index contributed by atoms with van der Waals surface area (Å²) in [6.45, 7) is 6.96. The van der Waals surface area contributed by atoms with Crippen LogP contribution in [0, 0.1) is 0 Å². The minimum Gasteiger partial charge on any atom is -0.444 e. The maximum absolute atomic E-state index is 11.8. The first-order valence-electron chi connectivity index (χ1n) is 5.79. The normalized spacial score (nSPS) is 20.6. The maximum Gasteiger partial charge on any atom is 0.410 e. The van der Waals surface area contributed by atoms with Crippen molar-refractivity contribution in [2.45, 2.75) is 38.8 Å². The van der Waals surface area contributed by atoms with Gasteiger partial charge in [0.1, 0.15) is 5.60 Å². The summed E-state index contributed by atoms with van der Waals surface area (Å²) in [6, 6.07) is 0.213. The Kier molecular flexibility index (Phi) is 3.04. The molecule has 0 aromatic carbocycles. The molecule has 1 unspecified atom stereocenters. The molecular formula is C11H18N4O2. The standard InChI is InChI=1S/C11H18N4O2/c1-11(2,3)17-10(16)14-6-4-9(8-14)15-7-5-12-13-15/h5,7,9H,4,6,8H2,1-3H3. The quantitative estimate of drug-likeness (QED) is 0.743. The molecule has 0 radical (unpaired) electrons. The summed E-state index contributed by atoms with van der Waals surface area (Å²) in [7, 11) is 0. The minimum absolute atomic E-state index is 0.213. The van der Waals surface area contributed by atoms with Crippen LogP contribution in [0.1, 0.15) is 33.2 Å². The van der Waals surface area contributed by atoms with E-state index < -0.39 is 5.60 Å². The third-order valence-electron chi connectivity index (χ3n) is 2.63. The number of carbonyl (C=O) groups excluding carboxylic acids is 1. The van der Waals surface area contributed by atoms with Crippen LogP contribution in [0.2, 0.25) is 0 Å². The van der Waals surface area contributed by atoms with Crippen LogP contribution in [0.15, 0.2) is 12.4 Å². The van der Waals surface area contributed by atoms with Gasteiger partial charge >= 0.3 is 6.09 Å². The van der Waals surface area contributed by atoms with E-state index in [0.29, 0.717) is 13.1 Å². The van der Waals surface area contributed by atoms with Crippen LogP contribution < -0.4 is 0 Å². The molecule has 1 aromatic rings. The summed E-state index contributed by atoms with van der Waals surface area (Å²) in [5.74, 6) is 0. The molecule has 1 atom stereocenters. The van der Waals surface area contributed by atoms with Crippen LogP contribution in [0.25, 0.3) is 0 Å². The van der Waals surface area contributed by atoms with Gasteiger partial charge in [-0.1, -0.05) is 5.21 Å². The van der Waals surface area contributed by atoms with Gasteiger partial charge in [0.05, 0.1) is 12.2 Å². The van der Waals surface area contributed by atoms with Crippen molar-refractivity contribution in [2.24, 2.45) is 0 Å². The van der Waals surface area contributed by atoms with Crippen LogP contribution in [-0.4, -0.2) is 44.7 Å². The molecule has 1 amide bonds. The van der Waals surface area contributed by atoms with Gasteiger partial charge < -0.3 is 9.64 Å². The second-order valence-electron chi connectivity index (χ2n) is 5.25. The maximum atomic E-state index is 11.8. The van der Waals surface area contributed by atoms with Crippen LogP contribution in [0.3, 0.4) is 0 Å². The molecule has 6 nitrogen and oxygen atoms in total. The smallest absolute Gasteiger partial charge is 0.410 e. The van der Waals surface area contributed by atoms with Crippen LogP contribution >= 0.6 is 0 Å². The van der Waals surface area contributed by atoms with E-state index in [1.54, 1.807) is 15.8 Å². The fraction of sp³-hybridized carbons (Fsp3) is 0.727. The Hall–Kier alpha value is -1.59. The Morgan fingerprint density at radius 2 is 2.24 bits per heavy atom. The summed E-state index contributed by atoms with van der Waals surface area (Å²) >= 11 is 0. The lowest BCUT2D eigenvalue weighted by molar-refractivity contribution is 0.0288. The minimum atomic E-state index is -0.442. The first kappa shape index (κ1) is 11.9. The lowest BCUT2D eigenvalue weighted by Gasteiger charge is -2.24. The number of rotatable bonds is 1. The number of aromatic nitrogens is 3. The highest BCUT2D eigenvalue weighted by molar-refractivity contribution is 5.68. The molecule has 0 aliphatic carbocycles. The topological polar surface area (TPSA) is 60.2 Å². The molecule has 2 rings (SSSR count). The third kappa shape index (κ3) is 2.95. The Balaban J connectivity index is 1.92. The van der Waals surface area contributed by atoms with Gasteiger partial charge in [-0.25, -0.2) is 9.48 Å². The lowest BCUT2D eigenvalue weighted by atomic mass is 10.2. The first-order valence-corrected chi connectivity index (χ1v) is 5.79. The Morgan fingerprint density at radius 3 is 2.82 bits per heavy atom. The predicted molar refractivity (Wildman–Crippen MR) is 61.5 cm³/mol. The Morgan fingerprint density at radius 1 is 1.47 bits per heavy atom. The average Bonchev–Trinajstić information content (AvgIpc) is 2.86. The van der Waals surface area contributed by atoms with Gasteiger partial charge in [-0.05, 0) is 27.2 Å². The summed E-state index contributed by atoms with van der Waals surface area (Å²) in [5.41, 5.74) is -0.442. The van der Waals surface area contributed by atoms with Crippen LogP contribution in [0.5, 0.6) is 0 Å². The molecule has 2 heterocycles. The van der Waals surface area contributed by atoms with Crippen molar-refractivity contribution in [1.82, 2.24) is 19.9 Å². The van der Waals surface area contributed by atoms with Crippen molar-refractivity contribution >= 4 is 6.09 Å². The fourth-order valence-corrected chi connectivity index (χ4v) is 1.86. The van der Waals surface area contributed by atoms with Gasteiger partial charge in [-0.15, -0.1) is 5.10 Å². The van der Waals surface area contributed by atoms with Gasteiger partial charge in [0.15, 0.2) is 0 Å². The van der Waals surface area contributed by atoms with E-state index in [4.69, 9.17) is 4.74 Å². The zero-order valence-corrected chi connectivity index (χ0v) is 10.5. The van der Waals surface area contributed by atoms with E-state index in [9.17, 15) is 4.79 Å². The molecule has 1 aliphatic rings. The Bertz CT molecular complexity index is 383. The van der Waals surface area contributed by atoms with Crippen molar-refractivity contribution in [3.8, 4) is 0 Å². The van der Waals surface area contributed by atoms with Crippen molar-refractivity contribution in [3.05, 3.63) is 12.4 Å².